The van der Waals surface area contributed by atoms with E-state index in [-0.39, 0.29) is 35.7 Å². The van der Waals surface area contributed by atoms with Gasteiger partial charge in [-0.2, -0.15) is 18.2 Å². The number of nitrogens with zero attached hydrogens (tertiary/aromatic N) is 7. The first-order valence-corrected chi connectivity index (χ1v) is 15.2. The fraction of sp³-hybridized carbons (Fsp3) is 0.438. The summed E-state index contributed by atoms with van der Waals surface area (Å²) in [5.74, 6) is -0.199. The number of fused-ring (bicyclic) bond motifs is 1. The number of ether oxygens (including phenoxy) is 1. The van der Waals surface area contributed by atoms with Crippen molar-refractivity contribution >= 4 is 40.0 Å². The number of likely N-dealkylation sites (N-methyl/N-ethyl adjacent to an activating group) is 4. The Morgan fingerprint density at radius 1 is 1.00 bits per heavy atom. The molecule has 0 aliphatic heterocycles. The second-order valence-electron chi connectivity index (χ2n) is 11.6. The number of anilines is 4. The number of pyridine rings is 1. The number of halogens is 3. The highest BCUT2D eigenvalue weighted by Gasteiger charge is 2.30. The lowest BCUT2D eigenvalue weighted by Crippen LogP contribution is -2.31. The average molecular weight is 657 g/mol. The molecule has 1 aromatic carbocycles. The molecule has 4 rings (SSSR count). The Morgan fingerprint density at radius 3 is 2.49 bits per heavy atom. The molecule has 0 aliphatic carbocycles. The smallest absolute Gasteiger partial charge is 0.422 e. The van der Waals surface area contributed by atoms with Crippen LogP contribution in [0.1, 0.15) is 6.42 Å². The van der Waals surface area contributed by atoms with Crippen molar-refractivity contribution < 1.29 is 22.7 Å². The molecule has 0 bridgehead atoms. The molecule has 254 valence electrons. The molecule has 0 radical (unpaired) electrons. The van der Waals surface area contributed by atoms with Crippen LogP contribution in [-0.4, -0.2) is 116 Å². The van der Waals surface area contributed by atoms with Gasteiger partial charge in [0.1, 0.15) is 5.69 Å². The van der Waals surface area contributed by atoms with Gasteiger partial charge in [-0.1, -0.05) is 18.2 Å². The molecule has 47 heavy (non-hydrogen) atoms. The SMILES string of the molecule is CNCCN(C)CCC(=O)Nc1cc(Nc2nccc(-c3cn(C)c4ccccc34)n2)c(OCC(F)(F)F)nc1N(C)CCN(C)C. The number of amides is 1. The van der Waals surface area contributed by atoms with Crippen LogP contribution in [0.15, 0.2) is 48.8 Å². The summed E-state index contributed by atoms with van der Waals surface area (Å²) in [6.07, 6.45) is -0.884. The molecule has 12 nitrogen and oxygen atoms in total. The summed E-state index contributed by atoms with van der Waals surface area (Å²) in [4.78, 5) is 32.4. The third-order valence-electron chi connectivity index (χ3n) is 7.40. The predicted molar refractivity (Wildman–Crippen MR) is 180 cm³/mol. The van der Waals surface area contributed by atoms with E-state index in [1.54, 1.807) is 24.2 Å². The molecule has 0 spiro atoms. The first kappa shape index (κ1) is 35.4. The third-order valence-corrected chi connectivity index (χ3v) is 7.40. The molecule has 15 heteroatoms. The summed E-state index contributed by atoms with van der Waals surface area (Å²) in [7, 11) is 11.3. The van der Waals surface area contributed by atoms with Crippen molar-refractivity contribution in [2.75, 3.05) is 90.1 Å². The number of benzene rings is 1. The zero-order valence-corrected chi connectivity index (χ0v) is 27.6. The Bertz CT molecular complexity index is 1640. The Kier molecular flexibility index (Phi) is 12.0. The van der Waals surface area contributed by atoms with Crippen LogP contribution < -0.4 is 25.6 Å². The topological polar surface area (TPSA) is 116 Å². The van der Waals surface area contributed by atoms with Crippen molar-refractivity contribution in [2.24, 2.45) is 7.05 Å². The minimum absolute atomic E-state index is 0.0653. The molecule has 3 heterocycles. The summed E-state index contributed by atoms with van der Waals surface area (Å²) in [6.45, 7) is 1.62. The van der Waals surface area contributed by atoms with Crippen molar-refractivity contribution in [1.29, 1.82) is 0 Å². The van der Waals surface area contributed by atoms with Crippen LogP contribution in [0.25, 0.3) is 22.2 Å². The van der Waals surface area contributed by atoms with Gasteiger partial charge in [0.2, 0.25) is 17.7 Å². The number of aromatic nitrogens is 4. The summed E-state index contributed by atoms with van der Waals surface area (Å²) in [6, 6.07) is 11.2. The molecule has 0 aliphatic rings. The van der Waals surface area contributed by atoms with Crippen molar-refractivity contribution in [3.63, 3.8) is 0 Å². The van der Waals surface area contributed by atoms with Gasteiger partial charge in [0.25, 0.3) is 0 Å². The molecule has 0 saturated heterocycles. The summed E-state index contributed by atoms with van der Waals surface area (Å²) < 4.78 is 47.2. The molecular weight excluding hydrogens is 613 g/mol. The van der Waals surface area contributed by atoms with Crippen LogP contribution in [0.5, 0.6) is 5.88 Å². The number of para-hydroxylation sites is 1. The lowest BCUT2D eigenvalue weighted by molar-refractivity contribution is -0.153. The molecular formula is C32H43F3N10O2. The van der Waals surface area contributed by atoms with Gasteiger partial charge in [-0.15, -0.1) is 0 Å². The first-order valence-electron chi connectivity index (χ1n) is 15.2. The molecule has 4 aromatic rings. The monoisotopic (exact) mass is 656 g/mol. The fourth-order valence-electron chi connectivity index (χ4n) is 4.83. The highest BCUT2D eigenvalue weighted by molar-refractivity contribution is 5.96. The van der Waals surface area contributed by atoms with Crippen LogP contribution in [0.4, 0.5) is 36.3 Å². The van der Waals surface area contributed by atoms with Crippen molar-refractivity contribution in [1.82, 2.24) is 34.6 Å². The number of carbonyl (C=O) groups excluding carboxylic acids is 1. The molecule has 0 unspecified atom stereocenters. The lowest BCUT2D eigenvalue weighted by atomic mass is 10.1. The van der Waals surface area contributed by atoms with E-state index in [0.29, 0.717) is 31.0 Å². The summed E-state index contributed by atoms with van der Waals surface area (Å²) >= 11 is 0. The number of hydrogen-bond acceptors (Lipinski definition) is 10. The Morgan fingerprint density at radius 2 is 1.77 bits per heavy atom. The van der Waals surface area contributed by atoms with Gasteiger partial charge >= 0.3 is 6.18 Å². The first-order chi connectivity index (χ1) is 22.3. The van der Waals surface area contributed by atoms with Crippen molar-refractivity contribution in [2.45, 2.75) is 12.6 Å². The number of nitrogens with one attached hydrogen (secondary N) is 3. The van der Waals surface area contributed by atoms with E-state index in [1.807, 2.05) is 80.1 Å². The average Bonchev–Trinajstić information content (AvgIpc) is 3.37. The molecule has 3 N–H and O–H groups in total. The summed E-state index contributed by atoms with van der Waals surface area (Å²) in [5, 5.41) is 9.98. The van der Waals surface area contributed by atoms with Crippen molar-refractivity contribution in [3.8, 4) is 17.1 Å². The normalized spacial score (nSPS) is 11.8. The minimum atomic E-state index is -4.60. The highest BCUT2D eigenvalue weighted by Crippen LogP contribution is 2.36. The lowest BCUT2D eigenvalue weighted by Gasteiger charge is -2.25. The Labute approximate surface area is 272 Å². The predicted octanol–water partition coefficient (Wildman–Crippen LogP) is 4.19. The maximum Gasteiger partial charge on any atom is 0.422 e. The van der Waals surface area contributed by atoms with Gasteiger partial charge in [-0.05, 0) is 46.4 Å². The maximum absolute atomic E-state index is 13.3. The standard InChI is InChI=1S/C32H43F3N10O2/c1-36-14-16-43(4)15-12-28(46)38-25-19-26(30(47-21-32(33,34)35)41-29(25)44(5)18-17-42(2)3)40-31-37-13-11-24(39-31)23-20-45(6)27-10-8-7-9-22(23)27/h7-11,13,19-20,36H,12,14-18,21H2,1-6H3,(H,38,46)(H,37,39,40). The van der Waals surface area contributed by atoms with E-state index in [2.05, 4.69) is 30.9 Å². The zero-order chi connectivity index (χ0) is 34.1. The number of alkyl halides is 3. The van der Waals surface area contributed by atoms with E-state index >= 15 is 0 Å². The van der Waals surface area contributed by atoms with Gasteiger partial charge in [-0.3, -0.25) is 4.79 Å². The molecule has 1 amide bonds. The third kappa shape index (κ3) is 10.0. The number of rotatable bonds is 16. The number of aryl methyl sites for hydroxylation is 1. The van der Waals surface area contributed by atoms with Gasteiger partial charge < -0.3 is 40.0 Å². The zero-order valence-electron chi connectivity index (χ0n) is 27.6. The molecule has 0 fully saturated rings. The molecule has 0 saturated carbocycles. The van der Waals surface area contributed by atoms with E-state index < -0.39 is 12.8 Å². The van der Waals surface area contributed by atoms with E-state index in [4.69, 9.17) is 4.74 Å². The quantitative estimate of drug-likeness (QED) is 0.162. The van der Waals surface area contributed by atoms with E-state index in [9.17, 15) is 18.0 Å². The van der Waals surface area contributed by atoms with E-state index in [0.717, 1.165) is 29.6 Å². The largest absolute Gasteiger partial charge is 0.466 e. The Balaban J connectivity index is 1.71. The van der Waals surface area contributed by atoms with Gasteiger partial charge in [-0.25, -0.2) is 9.97 Å². The second kappa shape index (κ2) is 15.9. The molecule has 3 aromatic heterocycles. The minimum Gasteiger partial charge on any atom is -0.466 e. The highest BCUT2D eigenvalue weighted by atomic mass is 19.4. The van der Waals surface area contributed by atoms with Crippen LogP contribution in [0.3, 0.4) is 0 Å². The van der Waals surface area contributed by atoms with E-state index in [1.165, 1.54) is 6.07 Å². The number of hydrogen-bond donors (Lipinski definition) is 3. The van der Waals surface area contributed by atoms with Crippen molar-refractivity contribution in [3.05, 3.63) is 48.8 Å². The van der Waals surface area contributed by atoms with Crippen LogP contribution in [0, 0.1) is 0 Å². The van der Waals surface area contributed by atoms with Crippen LogP contribution in [-0.2, 0) is 11.8 Å². The van der Waals surface area contributed by atoms with Gasteiger partial charge in [0.05, 0.1) is 11.4 Å². The van der Waals surface area contributed by atoms with Gasteiger partial charge in [0, 0.05) is 82.1 Å². The number of carbonyl (C=O) groups is 1. The molecule has 0 atom stereocenters. The van der Waals surface area contributed by atoms with Crippen LogP contribution >= 0.6 is 0 Å². The summed E-state index contributed by atoms with van der Waals surface area (Å²) in [5.41, 5.74) is 2.87. The maximum atomic E-state index is 13.3. The second-order valence-corrected chi connectivity index (χ2v) is 11.6. The van der Waals surface area contributed by atoms with Crippen LogP contribution in [0.2, 0.25) is 0 Å². The van der Waals surface area contributed by atoms with Gasteiger partial charge in [0.15, 0.2) is 12.4 Å². The Hall–Kier alpha value is -4.47. The fourth-order valence-corrected chi connectivity index (χ4v) is 4.83.